The van der Waals surface area contributed by atoms with E-state index in [1.54, 1.807) is 0 Å². The molecule has 0 N–H and O–H groups in total. The molecule has 0 aliphatic carbocycles. The van der Waals surface area contributed by atoms with Gasteiger partial charge in [-0.25, -0.2) is 0 Å². The molecule has 3 nitrogen and oxygen atoms in total. The Labute approximate surface area is 328 Å². The van der Waals surface area contributed by atoms with Crippen LogP contribution in [0.1, 0.15) is 0 Å². The second kappa shape index (κ2) is 12.5. The van der Waals surface area contributed by atoms with Gasteiger partial charge in [0, 0.05) is 38.3 Å². The van der Waals surface area contributed by atoms with E-state index in [1.807, 2.05) is 6.07 Å². The Morgan fingerprint density at radius 1 is 0.281 bits per heavy atom. The minimum absolute atomic E-state index is 0.904. The molecule has 9 aromatic carbocycles. The number of para-hydroxylation sites is 2. The first kappa shape index (κ1) is 31.7. The van der Waals surface area contributed by atoms with Crippen molar-refractivity contribution >= 4 is 65.6 Å². The van der Waals surface area contributed by atoms with Gasteiger partial charge in [-0.3, -0.25) is 0 Å². The first-order valence-electron chi connectivity index (χ1n) is 19.5. The Balaban J connectivity index is 1.04. The molecule has 0 unspecified atom stereocenters. The van der Waals surface area contributed by atoms with Crippen LogP contribution in [0.2, 0.25) is 0 Å². The summed E-state index contributed by atoms with van der Waals surface area (Å²) in [6.07, 6.45) is 0. The van der Waals surface area contributed by atoms with Gasteiger partial charge in [0.2, 0.25) is 0 Å². The molecular weight excluding hydrogens is 693 g/mol. The lowest BCUT2D eigenvalue weighted by Crippen LogP contribution is -1.94. The van der Waals surface area contributed by atoms with Gasteiger partial charge in [-0.05, 0) is 106 Å². The van der Waals surface area contributed by atoms with Gasteiger partial charge >= 0.3 is 0 Å². The molecule has 0 spiro atoms. The number of fused-ring (bicyclic) bond motifs is 10. The van der Waals surface area contributed by atoms with Crippen LogP contribution in [0.5, 0.6) is 0 Å². The summed E-state index contributed by atoms with van der Waals surface area (Å²) in [5, 5.41) is 7.03. The number of benzene rings is 9. The molecule has 12 rings (SSSR count). The van der Waals surface area contributed by atoms with Crippen molar-refractivity contribution in [1.29, 1.82) is 0 Å². The van der Waals surface area contributed by atoms with Crippen LogP contribution in [-0.2, 0) is 0 Å². The lowest BCUT2D eigenvalue weighted by molar-refractivity contribution is 0.673. The number of nitrogens with zero attached hydrogens (tertiary/aromatic N) is 2. The maximum atomic E-state index is 6.71. The average Bonchev–Trinajstić information content (AvgIpc) is 3.94. The molecule has 3 heteroatoms. The fourth-order valence-electron chi connectivity index (χ4n) is 9.04. The number of aromatic nitrogens is 2. The fourth-order valence-corrected chi connectivity index (χ4v) is 9.04. The highest BCUT2D eigenvalue weighted by atomic mass is 16.3. The van der Waals surface area contributed by atoms with Crippen molar-refractivity contribution < 1.29 is 4.42 Å². The monoisotopic (exact) mass is 726 g/mol. The zero-order valence-corrected chi connectivity index (χ0v) is 30.9. The van der Waals surface area contributed by atoms with Gasteiger partial charge in [0.15, 0.2) is 0 Å². The van der Waals surface area contributed by atoms with E-state index in [2.05, 4.69) is 209 Å². The third-order valence-electron chi connectivity index (χ3n) is 11.7. The van der Waals surface area contributed by atoms with E-state index in [4.69, 9.17) is 4.42 Å². The van der Waals surface area contributed by atoms with Crippen molar-refractivity contribution in [2.24, 2.45) is 0 Å². The summed E-state index contributed by atoms with van der Waals surface area (Å²) in [5.41, 5.74) is 15.9. The van der Waals surface area contributed by atoms with Crippen molar-refractivity contribution in [2.45, 2.75) is 0 Å². The van der Waals surface area contributed by atoms with Crippen molar-refractivity contribution in [1.82, 2.24) is 9.13 Å². The molecule has 0 atom stereocenters. The molecule has 57 heavy (non-hydrogen) atoms. The van der Waals surface area contributed by atoms with Crippen LogP contribution >= 0.6 is 0 Å². The number of furan rings is 1. The van der Waals surface area contributed by atoms with Crippen molar-refractivity contribution in [3.63, 3.8) is 0 Å². The second-order valence-electron chi connectivity index (χ2n) is 14.9. The molecule has 0 amide bonds. The summed E-state index contributed by atoms with van der Waals surface area (Å²) in [6, 6.07) is 74.4. The highest BCUT2D eigenvalue weighted by Gasteiger charge is 2.20. The average molecular weight is 727 g/mol. The SMILES string of the molecule is c1ccc(-c2ccc(-n3c4ccccc4c4cc(-c5ccc6c(c5)c5c7oc8ccccc8c7ccc5n6-c5ccc(-c6ccccc6)cc5)ccc43)cc2)cc1. The maximum Gasteiger partial charge on any atom is 0.145 e. The predicted octanol–water partition coefficient (Wildman–Crippen LogP) is 14.8. The van der Waals surface area contributed by atoms with Crippen LogP contribution in [-0.4, -0.2) is 9.13 Å². The lowest BCUT2D eigenvalue weighted by atomic mass is 10.00. The van der Waals surface area contributed by atoms with Gasteiger partial charge in [0.05, 0.1) is 27.5 Å². The zero-order valence-electron chi connectivity index (χ0n) is 30.9. The van der Waals surface area contributed by atoms with Crippen LogP contribution in [0, 0.1) is 0 Å². The van der Waals surface area contributed by atoms with E-state index < -0.39 is 0 Å². The highest BCUT2D eigenvalue weighted by molar-refractivity contribution is 6.24. The summed E-state index contributed by atoms with van der Waals surface area (Å²) in [5.74, 6) is 0. The first-order valence-corrected chi connectivity index (χ1v) is 19.5. The summed E-state index contributed by atoms with van der Waals surface area (Å²) in [7, 11) is 0. The number of hydrogen-bond donors (Lipinski definition) is 0. The Morgan fingerprint density at radius 2 is 0.737 bits per heavy atom. The maximum absolute atomic E-state index is 6.71. The Bertz CT molecular complexity index is 3480. The van der Waals surface area contributed by atoms with Crippen LogP contribution < -0.4 is 0 Å². The van der Waals surface area contributed by atoms with Gasteiger partial charge in [0.1, 0.15) is 11.2 Å². The largest absolute Gasteiger partial charge is 0.455 e. The minimum atomic E-state index is 0.904. The van der Waals surface area contributed by atoms with Gasteiger partial charge in [-0.15, -0.1) is 0 Å². The van der Waals surface area contributed by atoms with Crippen molar-refractivity contribution in [2.75, 3.05) is 0 Å². The molecule has 0 fully saturated rings. The molecule has 3 aromatic heterocycles. The molecule has 0 saturated heterocycles. The third kappa shape index (κ3) is 4.92. The smallest absolute Gasteiger partial charge is 0.145 e. The normalized spacial score (nSPS) is 11.9. The fraction of sp³-hybridized carbons (Fsp3) is 0. The topological polar surface area (TPSA) is 23.0 Å². The second-order valence-corrected chi connectivity index (χ2v) is 14.9. The van der Waals surface area contributed by atoms with E-state index in [9.17, 15) is 0 Å². The van der Waals surface area contributed by atoms with Crippen molar-refractivity contribution in [3.05, 3.63) is 206 Å². The van der Waals surface area contributed by atoms with Crippen molar-refractivity contribution in [3.8, 4) is 44.8 Å². The van der Waals surface area contributed by atoms with Gasteiger partial charge in [0.25, 0.3) is 0 Å². The van der Waals surface area contributed by atoms with E-state index in [0.717, 1.165) is 49.7 Å². The van der Waals surface area contributed by atoms with E-state index in [0.29, 0.717) is 0 Å². The zero-order chi connectivity index (χ0) is 37.5. The molecule has 0 radical (unpaired) electrons. The molecule has 0 saturated carbocycles. The van der Waals surface area contributed by atoms with Gasteiger partial charge in [-0.2, -0.15) is 0 Å². The quantitative estimate of drug-likeness (QED) is 0.173. The first-order chi connectivity index (χ1) is 28.3. The molecule has 0 bridgehead atoms. The number of hydrogen-bond acceptors (Lipinski definition) is 1. The lowest BCUT2D eigenvalue weighted by Gasteiger charge is -2.11. The van der Waals surface area contributed by atoms with Crippen LogP contribution in [0.3, 0.4) is 0 Å². The van der Waals surface area contributed by atoms with Gasteiger partial charge < -0.3 is 13.6 Å². The molecule has 12 aromatic rings. The minimum Gasteiger partial charge on any atom is -0.455 e. The predicted molar refractivity (Wildman–Crippen MR) is 239 cm³/mol. The van der Waals surface area contributed by atoms with E-state index >= 15 is 0 Å². The molecular formula is C54H34N2O. The third-order valence-corrected chi connectivity index (χ3v) is 11.7. The molecule has 0 aliphatic heterocycles. The van der Waals surface area contributed by atoms with Crippen LogP contribution in [0.25, 0.3) is 110 Å². The summed E-state index contributed by atoms with van der Waals surface area (Å²) in [4.78, 5) is 0. The number of rotatable bonds is 5. The highest BCUT2D eigenvalue weighted by Crippen LogP contribution is 2.43. The van der Waals surface area contributed by atoms with Gasteiger partial charge in [-0.1, -0.05) is 133 Å². The van der Waals surface area contributed by atoms with Crippen LogP contribution in [0.15, 0.2) is 211 Å². The Hall–Kier alpha value is -7.62. The Kier molecular flexibility index (Phi) is 6.93. The van der Waals surface area contributed by atoms with Crippen LogP contribution in [0.4, 0.5) is 0 Å². The summed E-state index contributed by atoms with van der Waals surface area (Å²) >= 11 is 0. The Morgan fingerprint density at radius 3 is 1.39 bits per heavy atom. The molecule has 0 aliphatic rings. The molecule has 3 heterocycles. The van der Waals surface area contributed by atoms with E-state index in [-0.39, 0.29) is 0 Å². The molecule has 266 valence electrons. The standard InChI is InChI=1S/C54H34N2O/c1-3-11-35(12-4-1)37-19-25-41(26-20-37)55-48-17-9-7-15-43(48)46-33-39(23-30-49(46)55)40-24-31-50-47(34-40)53-51(32-29-45-44-16-8-10-18-52(44)57-54(45)53)56(50)42-27-21-38(22-28-42)36-13-5-2-6-14-36/h1-34H. The summed E-state index contributed by atoms with van der Waals surface area (Å²) in [6.45, 7) is 0. The van der Waals surface area contributed by atoms with E-state index in [1.165, 1.54) is 60.6 Å². The summed E-state index contributed by atoms with van der Waals surface area (Å²) < 4.78 is 11.5.